The average Bonchev–Trinajstić information content (AvgIpc) is 2.59. The van der Waals surface area contributed by atoms with Gasteiger partial charge < -0.3 is 10.0 Å². The summed E-state index contributed by atoms with van der Waals surface area (Å²) in [6, 6.07) is 8.99. The van der Waals surface area contributed by atoms with E-state index in [0.717, 1.165) is 31.2 Å². The summed E-state index contributed by atoms with van der Waals surface area (Å²) in [6.07, 6.45) is 4.09. The van der Waals surface area contributed by atoms with Crippen LogP contribution in [0.4, 0.5) is 4.39 Å². The number of nitrogens with zero attached hydrogens (tertiary/aromatic N) is 2. The quantitative estimate of drug-likeness (QED) is 0.892. The molecule has 0 radical (unpaired) electrons. The molecular weight excluding hydrogens is 343 g/mol. The Kier molecular flexibility index (Phi) is 3.84. The van der Waals surface area contributed by atoms with Crippen molar-refractivity contribution < 1.29 is 14.3 Å². The smallest absolute Gasteiger partial charge is 0.223 e. The number of halogens is 1. The lowest BCUT2D eigenvalue weighted by Gasteiger charge is -2.63. The van der Waals surface area contributed by atoms with Crippen molar-refractivity contribution in [1.29, 1.82) is 5.26 Å². The van der Waals surface area contributed by atoms with Gasteiger partial charge in [-0.15, -0.1) is 0 Å². The van der Waals surface area contributed by atoms with Crippen LogP contribution in [0.25, 0.3) is 0 Å². The summed E-state index contributed by atoms with van der Waals surface area (Å²) < 4.78 is 13.6. The van der Waals surface area contributed by atoms with E-state index < -0.39 is 0 Å². The zero-order valence-corrected chi connectivity index (χ0v) is 15.4. The number of carbonyl (C=O) groups excluding carboxylic acids is 1. The van der Waals surface area contributed by atoms with Crippen molar-refractivity contribution in [3.63, 3.8) is 0 Å². The molecule has 5 aliphatic rings. The van der Waals surface area contributed by atoms with Crippen molar-refractivity contribution >= 4 is 5.91 Å². The molecule has 0 spiro atoms. The number of likely N-dealkylation sites (tertiary alicyclic amines) is 1. The van der Waals surface area contributed by atoms with Gasteiger partial charge in [0.2, 0.25) is 5.91 Å². The van der Waals surface area contributed by atoms with E-state index in [9.17, 15) is 14.3 Å². The second kappa shape index (κ2) is 6.04. The molecule has 4 saturated carbocycles. The number of benzene rings is 1. The van der Waals surface area contributed by atoms with Gasteiger partial charge in [-0.1, -0.05) is 12.1 Å². The maximum atomic E-state index is 13.6. The Labute approximate surface area is 159 Å². The summed E-state index contributed by atoms with van der Waals surface area (Å²) in [5.41, 5.74) is 0.827. The molecule has 4 nitrogen and oxygen atoms in total. The molecule has 0 atom stereocenters. The van der Waals surface area contributed by atoms with Gasteiger partial charge in [-0.2, -0.15) is 5.26 Å². The number of hydrogen-bond donors (Lipinski definition) is 1. The van der Waals surface area contributed by atoms with Crippen LogP contribution >= 0.6 is 0 Å². The molecule has 1 N–H and O–H groups in total. The van der Waals surface area contributed by atoms with Crippen molar-refractivity contribution in [3.05, 3.63) is 35.6 Å². The third kappa shape index (κ3) is 2.46. The molecule has 1 aromatic rings. The third-order valence-corrected chi connectivity index (χ3v) is 8.01. The van der Waals surface area contributed by atoms with Gasteiger partial charge in [0.25, 0.3) is 0 Å². The van der Waals surface area contributed by atoms with E-state index >= 15 is 0 Å². The molecule has 142 valence electrons. The highest BCUT2D eigenvalue weighted by atomic mass is 19.1. The molecule has 0 aromatic heterocycles. The van der Waals surface area contributed by atoms with Gasteiger partial charge in [-0.05, 0) is 67.1 Å². The van der Waals surface area contributed by atoms with Crippen molar-refractivity contribution in [1.82, 2.24) is 4.90 Å². The number of rotatable bonds is 3. The van der Waals surface area contributed by atoms with Crippen LogP contribution < -0.4 is 0 Å². The Morgan fingerprint density at radius 3 is 2.22 bits per heavy atom. The molecule has 4 aliphatic carbocycles. The largest absolute Gasteiger partial charge is 0.393 e. The minimum atomic E-state index is -0.254. The predicted molar refractivity (Wildman–Crippen MR) is 96.8 cm³/mol. The normalized spacial score (nSPS) is 39.9. The second-order valence-corrected chi connectivity index (χ2v) is 9.20. The molecule has 6 rings (SSSR count). The molecule has 1 aliphatic heterocycles. The number of hydrogen-bond acceptors (Lipinski definition) is 3. The Bertz CT molecular complexity index is 764. The van der Waals surface area contributed by atoms with E-state index in [1.807, 2.05) is 12.1 Å². The standard InChI is InChI=1S/C22H25FN2O2/c23-19-3-1-16(2-4-19)22(9-20(26)25-11-13(10-24)12-25)17-5-14-6-18(22)8-15(7-17)21(14)27/h1-4,13-15,17-18,21,27H,5-9,11-12H2. The molecule has 1 saturated heterocycles. The lowest BCUT2D eigenvalue weighted by atomic mass is 9.42. The minimum absolute atomic E-state index is 0.0376. The second-order valence-electron chi connectivity index (χ2n) is 9.20. The number of aliphatic hydroxyl groups is 1. The summed E-state index contributed by atoms with van der Waals surface area (Å²) in [4.78, 5) is 14.9. The van der Waals surface area contributed by atoms with Crippen LogP contribution in [0.5, 0.6) is 0 Å². The first-order chi connectivity index (χ1) is 13.0. The van der Waals surface area contributed by atoms with Crippen LogP contribution in [0.3, 0.4) is 0 Å². The molecule has 0 unspecified atom stereocenters. The maximum absolute atomic E-state index is 13.6. The van der Waals surface area contributed by atoms with E-state index in [-0.39, 0.29) is 29.2 Å². The fraction of sp³-hybridized carbons (Fsp3) is 0.636. The molecule has 1 aromatic carbocycles. The molecular formula is C22H25FN2O2. The van der Waals surface area contributed by atoms with Crippen molar-refractivity contribution in [2.24, 2.45) is 29.6 Å². The van der Waals surface area contributed by atoms with Gasteiger partial charge in [0.15, 0.2) is 0 Å². The average molecular weight is 368 g/mol. The number of aliphatic hydroxyl groups excluding tert-OH is 1. The highest BCUT2D eigenvalue weighted by molar-refractivity contribution is 5.79. The fourth-order valence-corrected chi connectivity index (χ4v) is 6.71. The monoisotopic (exact) mass is 368 g/mol. The first-order valence-corrected chi connectivity index (χ1v) is 10.1. The number of nitriles is 1. The van der Waals surface area contributed by atoms with E-state index in [2.05, 4.69) is 6.07 Å². The fourth-order valence-electron chi connectivity index (χ4n) is 6.71. The Hall–Kier alpha value is -1.93. The van der Waals surface area contributed by atoms with Crippen molar-refractivity contribution in [2.45, 2.75) is 43.6 Å². The Balaban J connectivity index is 1.49. The van der Waals surface area contributed by atoms with Gasteiger partial charge in [0.05, 0.1) is 18.1 Å². The van der Waals surface area contributed by atoms with Gasteiger partial charge >= 0.3 is 0 Å². The highest BCUT2D eigenvalue weighted by Crippen LogP contribution is 2.64. The van der Waals surface area contributed by atoms with Crippen molar-refractivity contribution in [2.75, 3.05) is 13.1 Å². The summed E-state index contributed by atoms with van der Waals surface area (Å²) >= 11 is 0. The summed E-state index contributed by atoms with van der Waals surface area (Å²) in [5, 5.41) is 19.5. The van der Waals surface area contributed by atoms with Gasteiger partial charge in [0.1, 0.15) is 5.82 Å². The van der Waals surface area contributed by atoms with Gasteiger partial charge in [-0.25, -0.2) is 4.39 Å². The minimum Gasteiger partial charge on any atom is -0.393 e. The Morgan fingerprint density at radius 1 is 1.15 bits per heavy atom. The first-order valence-electron chi connectivity index (χ1n) is 10.1. The molecule has 5 heteroatoms. The zero-order chi connectivity index (χ0) is 18.8. The van der Waals surface area contributed by atoms with E-state index in [4.69, 9.17) is 5.26 Å². The van der Waals surface area contributed by atoms with Crippen molar-refractivity contribution in [3.8, 4) is 6.07 Å². The summed E-state index contributed by atoms with van der Waals surface area (Å²) in [7, 11) is 0. The maximum Gasteiger partial charge on any atom is 0.223 e. The van der Waals surface area contributed by atoms with E-state index in [1.165, 1.54) is 12.1 Å². The van der Waals surface area contributed by atoms with Gasteiger partial charge in [0, 0.05) is 24.9 Å². The highest BCUT2D eigenvalue weighted by Gasteiger charge is 2.61. The molecule has 1 amide bonds. The summed E-state index contributed by atoms with van der Waals surface area (Å²) in [6.45, 7) is 1.07. The summed E-state index contributed by atoms with van der Waals surface area (Å²) in [5.74, 6) is 1.27. The predicted octanol–water partition coefficient (Wildman–Crippen LogP) is 2.86. The van der Waals surface area contributed by atoms with Crippen LogP contribution in [0, 0.1) is 46.7 Å². The molecule has 27 heavy (non-hydrogen) atoms. The van der Waals surface area contributed by atoms with E-state index in [1.54, 1.807) is 4.90 Å². The van der Waals surface area contributed by atoms with Crippen LogP contribution in [-0.2, 0) is 10.2 Å². The number of amides is 1. The Morgan fingerprint density at radius 2 is 1.70 bits per heavy atom. The van der Waals surface area contributed by atoms with E-state index in [0.29, 0.717) is 43.2 Å². The van der Waals surface area contributed by atoms with Crippen LogP contribution in [0.2, 0.25) is 0 Å². The molecule has 5 fully saturated rings. The SMILES string of the molecule is N#CC1CN(C(=O)CC2(c3ccc(F)cc3)C3CC4CC2CC(C3)C4O)C1. The first kappa shape index (κ1) is 17.2. The zero-order valence-electron chi connectivity index (χ0n) is 15.4. The van der Waals surface area contributed by atoms with Crippen LogP contribution in [0.15, 0.2) is 24.3 Å². The lowest BCUT2D eigenvalue weighted by Crippen LogP contribution is -2.62. The molecule has 4 bridgehead atoms. The molecule has 1 heterocycles. The van der Waals surface area contributed by atoms with Crippen LogP contribution in [0.1, 0.15) is 37.7 Å². The number of carbonyl (C=O) groups is 1. The third-order valence-electron chi connectivity index (χ3n) is 8.01. The topological polar surface area (TPSA) is 64.3 Å². The van der Waals surface area contributed by atoms with Gasteiger partial charge in [-0.3, -0.25) is 4.79 Å². The van der Waals surface area contributed by atoms with Crippen LogP contribution in [-0.4, -0.2) is 35.1 Å². The lowest BCUT2D eigenvalue weighted by molar-refractivity contribution is -0.155.